The van der Waals surface area contributed by atoms with Crippen LogP contribution in [0.1, 0.15) is 39.0 Å². The molecule has 0 bridgehead atoms. The van der Waals surface area contributed by atoms with Gasteiger partial charge in [-0.05, 0) is 42.8 Å². The highest BCUT2D eigenvalue weighted by molar-refractivity contribution is 6.21. The molecule has 4 rings (SSSR count). The van der Waals surface area contributed by atoms with Crippen LogP contribution in [0.5, 0.6) is 11.5 Å². The van der Waals surface area contributed by atoms with Crippen LogP contribution < -0.4 is 24.2 Å². The number of carbonyl (C=O) groups excluding carboxylic acids is 2. The van der Waals surface area contributed by atoms with Crippen LogP contribution >= 0.6 is 0 Å². The first-order valence-electron chi connectivity index (χ1n) is 12.4. The third-order valence-electron chi connectivity index (χ3n) is 6.83. The summed E-state index contributed by atoms with van der Waals surface area (Å²) in [5.74, 6) is 1.41. The van der Waals surface area contributed by atoms with Crippen LogP contribution in [0.25, 0.3) is 0 Å². The highest BCUT2D eigenvalue weighted by atomic mass is 16.5. The van der Waals surface area contributed by atoms with Gasteiger partial charge < -0.3 is 19.3 Å². The molecule has 7 nitrogen and oxygen atoms in total. The predicted octanol–water partition coefficient (Wildman–Crippen LogP) is 2.69. The fraction of sp³-hybridized carbons (Fsp3) is 0.481. The Bertz CT molecular complexity index is 970. The molecule has 0 spiro atoms. The number of nitrogens with one attached hydrogen (secondary N) is 1. The van der Waals surface area contributed by atoms with E-state index in [1.54, 1.807) is 7.11 Å². The lowest BCUT2D eigenvalue weighted by molar-refractivity contribution is -0.915. The molecule has 34 heavy (non-hydrogen) atoms. The summed E-state index contributed by atoms with van der Waals surface area (Å²) < 4.78 is 11.3. The molecule has 2 aliphatic rings. The summed E-state index contributed by atoms with van der Waals surface area (Å²) in [4.78, 5) is 30.9. The van der Waals surface area contributed by atoms with Gasteiger partial charge in [0.2, 0.25) is 5.91 Å². The SMILES string of the molecule is CCCCCCOc1ccc(N2C(=O)C[C@H]([NH+]3CCN(c4ccccc4OC)CC3)C2=O)cc1. The summed E-state index contributed by atoms with van der Waals surface area (Å²) in [6, 6.07) is 15.0. The number of nitrogens with zero attached hydrogens (tertiary/aromatic N) is 2. The summed E-state index contributed by atoms with van der Waals surface area (Å²) in [5, 5.41) is 0. The molecule has 2 fully saturated rings. The molecule has 0 aromatic heterocycles. The van der Waals surface area contributed by atoms with E-state index in [1.165, 1.54) is 29.1 Å². The molecule has 1 atom stereocenters. The predicted molar refractivity (Wildman–Crippen MR) is 133 cm³/mol. The van der Waals surface area contributed by atoms with Crippen LogP contribution in [0.3, 0.4) is 0 Å². The first-order valence-corrected chi connectivity index (χ1v) is 12.4. The molecule has 2 aliphatic heterocycles. The van der Waals surface area contributed by atoms with Crippen molar-refractivity contribution >= 4 is 23.2 Å². The summed E-state index contributed by atoms with van der Waals surface area (Å²) in [7, 11) is 1.68. The largest absolute Gasteiger partial charge is 0.495 e. The van der Waals surface area contributed by atoms with Crippen molar-refractivity contribution in [3.05, 3.63) is 48.5 Å². The Morgan fingerprint density at radius 3 is 2.41 bits per heavy atom. The second kappa shape index (κ2) is 11.4. The number of anilines is 2. The number of carbonyl (C=O) groups is 2. The first-order chi connectivity index (χ1) is 16.6. The van der Waals surface area contributed by atoms with E-state index in [0.29, 0.717) is 12.3 Å². The van der Waals surface area contributed by atoms with Crippen LogP contribution in [-0.4, -0.2) is 57.8 Å². The van der Waals surface area contributed by atoms with Gasteiger partial charge in [-0.1, -0.05) is 38.3 Å². The average Bonchev–Trinajstić information content (AvgIpc) is 3.18. The maximum atomic E-state index is 13.2. The number of amides is 2. The molecule has 0 saturated carbocycles. The Morgan fingerprint density at radius 2 is 1.71 bits per heavy atom. The van der Waals surface area contributed by atoms with Gasteiger partial charge in [0, 0.05) is 0 Å². The minimum absolute atomic E-state index is 0.0982. The van der Waals surface area contributed by atoms with Crippen LogP contribution in [0.4, 0.5) is 11.4 Å². The van der Waals surface area contributed by atoms with Gasteiger partial charge in [-0.3, -0.25) is 9.59 Å². The summed E-state index contributed by atoms with van der Waals surface area (Å²) in [6.07, 6.45) is 4.89. The molecule has 7 heteroatoms. The van der Waals surface area contributed by atoms with Crippen molar-refractivity contribution in [2.24, 2.45) is 0 Å². The number of rotatable bonds is 10. The Morgan fingerprint density at radius 1 is 0.971 bits per heavy atom. The molecule has 0 unspecified atom stereocenters. The zero-order valence-electron chi connectivity index (χ0n) is 20.3. The molecular weight excluding hydrogens is 430 g/mol. The van der Waals surface area contributed by atoms with Crippen molar-refractivity contribution in [1.82, 2.24) is 0 Å². The van der Waals surface area contributed by atoms with Gasteiger partial charge in [-0.15, -0.1) is 0 Å². The molecule has 182 valence electrons. The molecular formula is C27H36N3O4+. The third-order valence-corrected chi connectivity index (χ3v) is 6.83. The number of hydrogen-bond donors (Lipinski definition) is 1. The number of imide groups is 1. The number of benzene rings is 2. The van der Waals surface area contributed by atoms with E-state index in [9.17, 15) is 9.59 Å². The van der Waals surface area contributed by atoms with E-state index in [4.69, 9.17) is 9.47 Å². The molecule has 2 amide bonds. The van der Waals surface area contributed by atoms with Crippen LogP contribution in [0.2, 0.25) is 0 Å². The lowest BCUT2D eigenvalue weighted by Gasteiger charge is -2.36. The van der Waals surface area contributed by atoms with E-state index in [2.05, 4.69) is 17.9 Å². The second-order valence-corrected chi connectivity index (χ2v) is 9.04. The number of unbranched alkanes of at least 4 members (excludes halogenated alkanes) is 3. The third kappa shape index (κ3) is 5.36. The van der Waals surface area contributed by atoms with E-state index < -0.39 is 0 Å². The zero-order valence-corrected chi connectivity index (χ0v) is 20.3. The van der Waals surface area contributed by atoms with E-state index in [0.717, 1.165) is 49.8 Å². The fourth-order valence-electron chi connectivity index (χ4n) is 4.91. The van der Waals surface area contributed by atoms with Gasteiger partial charge in [0.05, 0.1) is 57.7 Å². The average molecular weight is 467 g/mol. The van der Waals surface area contributed by atoms with Crippen molar-refractivity contribution in [2.45, 2.75) is 45.1 Å². The number of hydrogen-bond acceptors (Lipinski definition) is 5. The van der Waals surface area contributed by atoms with Gasteiger partial charge >= 0.3 is 0 Å². The van der Waals surface area contributed by atoms with Crippen molar-refractivity contribution < 1.29 is 24.0 Å². The molecule has 2 heterocycles. The molecule has 1 N–H and O–H groups in total. The van der Waals surface area contributed by atoms with Gasteiger partial charge in [0.25, 0.3) is 5.91 Å². The van der Waals surface area contributed by atoms with Gasteiger partial charge in [0.1, 0.15) is 11.5 Å². The molecule has 0 aliphatic carbocycles. The number of para-hydroxylation sites is 2. The van der Waals surface area contributed by atoms with Gasteiger partial charge in [-0.25, -0.2) is 4.90 Å². The van der Waals surface area contributed by atoms with Crippen molar-refractivity contribution in [3.8, 4) is 11.5 Å². The Balaban J connectivity index is 1.33. The summed E-state index contributed by atoms with van der Waals surface area (Å²) in [6.45, 7) is 6.12. The van der Waals surface area contributed by atoms with Gasteiger partial charge in [-0.2, -0.15) is 0 Å². The first kappa shape index (κ1) is 24.1. The molecule has 2 saturated heterocycles. The van der Waals surface area contributed by atoms with E-state index in [-0.39, 0.29) is 24.3 Å². The monoisotopic (exact) mass is 466 g/mol. The van der Waals surface area contributed by atoms with Crippen molar-refractivity contribution in [2.75, 3.05) is 49.7 Å². The topological polar surface area (TPSA) is 63.5 Å². The molecule has 0 radical (unpaired) electrons. The second-order valence-electron chi connectivity index (χ2n) is 9.04. The van der Waals surface area contributed by atoms with E-state index >= 15 is 0 Å². The van der Waals surface area contributed by atoms with E-state index in [1.807, 2.05) is 42.5 Å². The Labute approximate surface area is 202 Å². The minimum Gasteiger partial charge on any atom is -0.495 e. The summed E-state index contributed by atoms with van der Waals surface area (Å²) >= 11 is 0. The van der Waals surface area contributed by atoms with Crippen LogP contribution in [0, 0.1) is 0 Å². The molecule has 2 aromatic carbocycles. The lowest BCUT2D eigenvalue weighted by atomic mass is 10.1. The highest BCUT2D eigenvalue weighted by Gasteiger charge is 2.46. The molecule has 2 aromatic rings. The lowest BCUT2D eigenvalue weighted by Crippen LogP contribution is -3.19. The standard InChI is InChI=1S/C27H35N3O4/c1-3-4-5-8-19-34-22-13-11-21(12-14-22)30-26(31)20-24(27(30)32)29-17-15-28(16-18-29)23-9-6-7-10-25(23)33-2/h6-7,9-14,24H,3-5,8,15-20H2,1-2H3/p+1/t24-/m0/s1. The fourth-order valence-corrected chi connectivity index (χ4v) is 4.91. The maximum Gasteiger partial charge on any atom is 0.292 e. The number of quaternary nitrogens is 1. The van der Waals surface area contributed by atoms with Crippen molar-refractivity contribution in [3.63, 3.8) is 0 Å². The Hall–Kier alpha value is -3.06. The smallest absolute Gasteiger partial charge is 0.292 e. The maximum absolute atomic E-state index is 13.2. The number of piperazine rings is 1. The number of methoxy groups -OCH3 is 1. The Kier molecular flexibility index (Phi) is 8.06. The quantitative estimate of drug-likeness (QED) is 0.431. The zero-order chi connectivity index (χ0) is 23.9. The highest BCUT2D eigenvalue weighted by Crippen LogP contribution is 2.28. The normalized spacial score (nSPS) is 19.1. The van der Waals surface area contributed by atoms with Gasteiger partial charge in [0.15, 0.2) is 6.04 Å². The number of ether oxygens (including phenoxy) is 2. The van der Waals surface area contributed by atoms with Crippen molar-refractivity contribution in [1.29, 1.82) is 0 Å². The van der Waals surface area contributed by atoms with Crippen LogP contribution in [0.15, 0.2) is 48.5 Å². The minimum atomic E-state index is -0.318. The summed E-state index contributed by atoms with van der Waals surface area (Å²) in [5.41, 5.74) is 1.70. The van der Waals surface area contributed by atoms with Crippen LogP contribution in [-0.2, 0) is 9.59 Å².